The Morgan fingerprint density at radius 3 is 3.04 bits per heavy atom. The van der Waals surface area contributed by atoms with Gasteiger partial charge in [-0.15, -0.1) is 0 Å². The van der Waals surface area contributed by atoms with Gasteiger partial charge in [0, 0.05) is 49.6 Å². The number of carbonyl (C=O) groups excluding carboxylic acids is 1. The van der Waals surface area contributed by atoms with Crippen LogP contribution in [0.5, 0.6) is 0 Å². The highest BCUT2D eigenvalue weighted by molar-refractivity contribution is 5.80. The van der Waals surface area contributed by atoms with Crippen LogP contribution in [-0.4, -0.2) is 44.4 Å². The topological polar surface area (TPSA) is 66.8 Å². The highest BCUT2D eigenvalue weighted by Gasteiger charge is 2.30. The molecule has 0 bridgehead atoms. The molecule has 0 unspecified atom stereocenters. The van der Waals surface area contributed by atoms with Gasteiger partial charge in [0.15, 0.2) is 0 Å². The standard InChI is InChI=1S/C17H25N5O/c1-4-5-8-21(2)17(23)12-6-7-15-14(9-12)16(20-19-15)13-10-18-22(3)11-13/h10-12H,4-9H2,1-3H3,(H,19,20)/t12-/m0/s1. The monoisotopic (exact) mass is 315 g/mol. The molecular weight excluding hydrogens is 290 g/mol. The average molecular weight is 315 g/mol. The van der Waals surface area contributed by atoms with E-state index in [4.69, 9.17) is 0 Å². The van der Waals surface area contributed by atoms with Gasteiger partial charge in [-0.2, -0.15) is 10.2 Å². The first kappa shape index (κ1) is 15.8. The zero-order chi connectivity index (χ0) is 16.4. The number of hydrogen-bond donors (Lipinski definition) is 1. The normalized spacial score (nSPS) is 17.1. The molecular formula is C17H25N5O. The number of nitrogens with zero attached hydrogens (tertiary/aromatic N) is 4. The van der Waals surface area contributed by atoms with E-state index in [-0.39, 0.29) is 11.8 Å². The molecule has 6 nitrogen and oxygen atoms in total. The van der Waals surface area contributed by atoms with Gasteiger partial charge in [0.25, 0.3) is 0 Å². The highest BCUT2D eigenvalue weighted by atomic mass is 16.2. The number of nitrogens with one attached hydrogen (secondary N) is 1. The molecule has 0 saturated heterocycles. The number of unbranched alkanes of at least 4 members (excludes halogenated alkanes) is 1. The van der Waals surface area contributed by atoms with Crippen LogP contribution in [0.25, 0.3) is 11.3 Å². The maximum absolute atomic E-state index is 12.7. The Bertz CT molecular complexity index is 687. The van der Waals surface area contributed by atoms with Crippen LogP contribution >= 0.6 is 0 Å². The molecule has 2 aromatic rings. The second kappa shape index (κ2) is 6.56. The number of H-pyrrole nitrogens is 1. The maximum atomic E-state index is 12.7. The van der Waals surface area contributed by atoms with Crippen molar-refractivity contribution in [2.45, 2.75) is 39.0 Å². The maximum Gasteiger partial charge on any atom is 0.225 e. The van der Waals surface area contributed by atoms with Gasteiger partial charge in [-0.1, -0.05) is 13.3 Å². The van der Waals surface area contributed by atoms with E-state index in [0.717, 1.165) is 49.9 Å². The zero-order valence-electron chi connectivity index (χ0n) is 14.2. The van der Waals surface area contributed by atoms with Crippen molar-refractivity contribution in [3.63, 3.8) is 0 Å². The lowest BCUT2D eigenvalue weighted by Gasteiger charge is -2.26. The molecule has 2 aromatic heterocycles. The Kier molecular flexibility index (Phi) is 4.50. The molecule has 3 rings (SSSR count). The molecule has 1 aliphatic rings. The van der Waals surface area contributed by atoms with E-state index in [2.05, 4.69) is 22.2 Å². The van der Waals surface area contributed by atoms with Crippen molar-refractivity contribution in [1.29, 1.82) is 0 Å². The Hall–Kier alpha value is -2.11. The first-order valence-corrected chi connectivity index (χ1v) is 8.40. The summed E-state index contributed by atoms with van der Waals surface area (Å²) in [4.78, 5) is 14.6. The van der Waals surface area contributed by atoms with Crippen LogP contribution in [0.3, 0.4) is 0 Å². The second-order valence-electron chi connectivity index (χ2n) is 6.49. The van der Waals surface area contributed by atoms with Gasteiger partial charge in [0.1, 0.15) is 0 Å². The summed E-state index contributed by atoms with van der Waals surface area (Å²) in [7, 11) is 3.82. The second-order valence-corrected chi connectivity index (χ2v) is 6.49. The number of fused-ring (bicyclic) bond motifs is 1. The van der Waals surface area contributed by atoms with Crippen LogP contribution in [0, 0.1) is 5.92 Å². The third kappa shape index (κ3) is 3.16. The molecule has 0 radical (unpaired) electrons. The van der Waals surface area contributed by atoms with E-state index < -0.39 is 0 Å². The molecule has 0 fully saturated rings. The van der Waals surface area contributed by atoms with Crippen molar-refractivity contribution in [3.05, 3.63) is 23.7 Å². The van der Waals surface area contributed by atoms with Gasteiger partial charge >= 0.3 is 0 Å². The lowest BCUT2D eigenvalue weighted by molar-refractivity contribution is -0.134. The molecule has 1 N–H and O–H groups in total. The summed E-state index contributed by atoms with van der Waals surface area (Å²) in [5.74, 6) is 0.333. The van der Waals surface area contributed by atoms with Crippen LogP contribution in [0.4, 0.5) is 0 Å². The first-order chi connectivity index (χ1) is 11.1. The highest BCUT2D eigenvalue weighted by Crippen LogP contribution is 2.32. The predicted octanol–water partition coefficient (Wildman–Crippen LogP) is 2.17. The SMILES string of the molecule is CCCCN(C)C(=O)[C@H]1CCc2[nH]nc(-c3cnn(C)c3)c2C1. The molecule has 124 valence electrons. The molecule has 0 aromatic carbocycles. The number of hydrogen-bond acceptors (Lipinski definition) is 3. The van der Waals surface area contributed by atoms with E-state index in [1.54, 1.807) is 4.68 Å². The number of aryl methyl sites for hydroxylation is 2. The number of aromatic amines is 1. The fraction of sp³-hybridized carbons (Fsp3) is 0.588. The zero-order valence-corrected chi connectivity index (χ0v) is 14.2. The molecule has 1 amide bonds. The van der Waals surface area contributed by atoms with Gasteiger partial charge in [-0.05, 0) is 25.7 Å². The molecule has 1 atom stereocenters. The Morgan fingerprint density at radius 1 is 1.52 bits per heavy atom. The number of amides is 1. The molecule has 1 aliphatic carbocycles. The van der Waals surface area contributed by atoms with E-state index in [0.29, 0.717) is 0 Å². The third-order valence-electron chi connectivity index (χ3n) is 4.70. The van der Waals surface area contributed by atoms with E-state index in [9.17, 15) is 4.79 Å². The summed E-state index contributed by atoms with van der Waals surface area (Å²) in [5, 5.41) is 11.8. The van der Waals surface area contributed by atoms with Gasteiger partial charge < -0.3 is 4.90 Å². The van der Waals surface area contributed by atoms with Crippen LogP contribution in [-0.2, 0) is 24.7 Å². The summed E-state index contributed by atoms with van der Waals surface area (Å²) in [6.07, 6.45) is 8.53. The van der Waals surface area contributed by atoms with Gasteiger partial charge in [-0.25, -0.2) is 0 Å². The predicted molar refractivity (Wildman–Crippen MR) is 88.8 cm³/mol. The summed E-state index contributed by atoms with van der Waals surface area (Å²) in [6.45, 7) is 3.00. The largest absolute Gasteiger partial charge is 0.346 e. The third-order valence-corrected chi connectivity index (χ3v) is 4.70. The lowest BCUT2D eigenvalue weighted by Crippen LogP contribution is -2.36. The average Bonchev–Trinajstić information content (AvgIpc) is 3.16. The minimum absolute atomic E-state index is 0.0670. The number of carbonyl (C=O) groups is 1. The van der Waals surface area contributed by atoms with Crippen molar-refractivity contribution in [1.82, 2.24) is 24.9 Å². The minimum atomic E-state index is 0.0670. The number of rotatable bonds is 5. The molecule has 6 heteroatoms. The van der Waals surface area contributed by atoms with Crippen LogP contribution in [0.15, 0.2) is 12.4 Å². The van der Waals surface area contributed by atoms with Gasteiger partial charge in [0.05, 0.1) is 11.9 Å². The molecule has 0 aliphatic heterocycles. The van der Waals surface area contributed by atoms with Crippen molar-refractivity contribution < 1.29 is 4.79 Å². The quantitative estimate of drug-likeness (QED) is 0.919. The fourth-order valence-corrected chi connectivity index (χ4v) is 3.31. The van der Waals surface area contributed by atoms with Gasteiger partial charge in [-0.3, -0.25) is 14.6 Å². The van der Waals surface area contributed by atoms with E-state index in [1.165, 1.54) is 11.3 Å². The molecule has 0 spiro atoms. The Labute approximate surface area is 136 Å². The fourth-order valence-electron chi connectivity index (χ4n) is 3.31. The minimum Gasteiger partial charge on any atom is -0.346 e. The van der Waals surface area contributed by atoms with E-state index in [1.807, 2.05) is 31.4 Å². The van der Waals surface area contributed by atoms with Gasteiger partial charge in [0.2, 0.25) is 5.91 Å². The molecule has 2 heterocycles. The van der Waals surface area contributed by atoms with Crippen LogP contribution in [0.1, 0.15) is 37.4 Å². The smallest absolute Gasteiger partial charge is 0.225 e. The van der Waals surface area contributed by atoms with Crippen LogP contribution in [0.2, 0.25) is 0 Å². The van der Waals surface area contributed by atoms with Crippen molar-refractivity contribution in [2.75, 3.05) is 13.6 Å². The summed E-state index contributed by atoms with van der Waals surface area (Å²) >= 11 is 0. The van der Waals surface area contributed by atoms with Crippen molar-refractivity contribution >= 4 is 5.91 Å². The van der Waals surface area contributed by atoms with Crippen molar-refractivity contribution in [2.24, 2.45) is 13.0 Å². The van der Waals surface area contributed by atoms with Crippen molar-refractivity contribution in [3.8, 4) is 11.3 Å². The molecule has 0 saturated carbocycles. The summed E-state index contributed by atoms with van der Waals surface area (Å²) < 4.78 is 1.78. The van der Waals surface area contributed by atoms with E-state index >= 15 is 0 Å². The summed E-state index contributed by atoms with van der Waals surface area (Å²) in [6, 6.07) is 0. The Morgan fingerprint density at radius 2 is 2.35 bits per heavy atom. The molecule has 23 heavy (non-hydrogen) atoms. The lowest BCUT2D eigenvalue weighted by atomic mass is 9.85. The first-order valence-electron chi connectivity index (χ1n) is 8.40. The number of aromatic nitrogens is 4. The summed E-state index contributed by atoms with van der Waals surface area (Å²) in [5.41, 5.74) is 4.31. The van der Waals surface area contributed by atoms with Crippen LogP contribution < -0.4 is 0 Å². The Balaban J connectivity index is 1.77.